The second-order valence-electron chi connectivity index (χ2n) is 8.53. The van der Waals surface area contributed by atoms with Crippen LogP contribution in [0, 0.1) is 5.92 Å². The minimum Gasteiger partial charge on any atom is -0.478 e. The number of alkyl carbamates (subject to hydrolysis) is 1. The quantitative estimate of drug-likeness (QED) is 0.423. The Morgan fingerprint density at radius 3 is 2.06 bits per heavy atom. The smallest absolute Gasteiger partial charge is 0.407 e. The summed E-state index contributed by atoms with van der Waals surface area (Å²) in [7, 11) is 0. The first-order valence-electron chi connectivity index (χ1n) is 11.7. The van der Waals surface area contributed by atoms with Gasteiger partial charge in [-0.1, -0.05) is 67.6 Å². The van der Waals surface area contributed by atoms with E-state index in [1.54, 1.807) is 12.1 Å². The third kappa shape index (κ3) is 5.51. The van der Waals surface area contributed by atoms with Crippen molar-refractivity contribution in [2.75, 3.05) is 13.2 Å². The Morgan fingerprint density at radius 2 is 1.49 bits per heavy atom. The SMILES string of the molecule is CCC(CNC(=O)OCC1c2ccccc2-c2ccccc21)C(=O)NCc1ccc(C(=O)O)cc1. The molecule has 0 heterocycles. The predicted molar refractivity (Wildman–Crippen MR) is 132 cm³/mol. The number of fused-ring (bicyclic) bond motifs is 3. The highest BCUT2D eigenvalue weighted by molar-refractivity contribution is 5.87. The molecule has 3 aromatic carbocycles. The van der Waals surface area contributed by atoms with Crippen molar-refractivity contribution in [1.29, 1.82) is 0 Å². The number of aromatic carboxylic acids is 1. The normalized spacial score (nSPS) is 12.8. The van der Waals surface area contributed by atoms with Crippen LogP contribution in [-0.4, -0.2) is 36.2 Å². The molecule has 1 aliphatic rings. The van der Waals surface area contributed by atoms with Crippen molar-refractivity contribution in [3.05, 3.63) is 95.1 Å². The molecule has 35 heavy (non-hydrogen) atoms. The van der Waals surface area contributed by atoms with Crippen LogP contribution in [0.5, 0.6) is 0 Å². The van der Waals surface area contributed by atoms with Crippen molar-refractivity contribution in [3.63, 3.8) is 0 Å². The number of benzene rings is 3. The molecule has 4 rings (SSSR count). The van der Waals surface area contributed by atoms with Gasteiger partial charge in [-0.2, -0.15) is 0 Å². The van der Waals surface area contributed by atoms with Crippen LogP contribution in [0.4, 0.5) is 4.79 Å². The van der Waals surface area contributed by atoms with E-state index >= 15 is 0 Å². The molecule has 0 spiro atoms. The summed E-state index contributed by atoms with van der Waals surface area (Å²) in [5, 5.41) is 14.5. The van der Waals surface area contributed by atoms with Crippen LogP contribution < -0.4 is 10.6 Å². The number of ether oxygens (including phenoxy) is 1. The maximum atomic E-state index is 12.6. The molecule has 7 nitrogen and oxygen atoms in total. The van der Waals surface area contributed by atoms with Crippen LogP contribution in [0.3, 0.4) is 0 Å². The highest BCUT2D eigenvalue weighted by Gasteiger charge is 2.29. The fourth-order valence-corrected chi connectivity index (χ4v) is 4.38. The van der Waals surface area contributed by atoms with Gasteiger partial charge in [0.1, 0.15) is 6.61 Å². The molecule has 1 aliphatic carbocycles. The summed E-state index contributed by atoms with van der Waals surface area (Å²) >= 11 is 0. The summed E-state index contributed by atoms with van der Waals surface area (Å²) in [4.78, 5) is 35.9. The minimum absolute atomic E-state index is 0.0223. The number of carbonyl (C=O) groups is 3. The number of amides is 2. The van der Waals surface area contributed by atoms with Gasteiger partial charge >= 0.3 is 12.1 Å². The van der Waals surface area contributed by atoms with Crippen LogP contribution in [-0.2, 0) is 16.1 Å². The minimum atomic E-state index is -0.994. The Labute approximate surface area is 204 Å². The molecule has 2 amide bonds. The molecule has 0 saturated carbocycles. The number of hydrogen-bond donors (Lipinski definition) is 3. The van der Waals surface area contributed by atoms with Gasteiger partial charge in [0.2, 0.25) is 5.91 Å². The Hall–Kier alpha value is -4.13. The molecule has 0 bridgehead atoms. The Bertz CT molecular complexity index is 1180. The molecule has 1 atom stereocenters. The summed E-state index contributed by atoms with van der Waals surface area (Å²) in [6.45, 7) is 2.54. The molecule has 1 unspecified atom stereocenters. The van der Waals surface area contributed by atoms with E-state index in [1.807, 2.05) is 31.2 Å². The molecule has 180 valence electrons. The summed E-state index contributed by atoms with van der Waals surface area (Å²) in [6.07, 6.45) is -0.00431. The largest absolute Gasteiger partial charge is 0.478 e. The third-order valence-electron chi connectivity index (χ3n) is 6.37. The van der Waals surface area contributed by atoms with Gasteiger partial charge in [0.25, 0.3) is 0 Å². The summed E-state index contributed by atoms with van der Waals surface area (Å²) in [5.74, 6) is -1.61. The second-order valence-corrected chi connectivity index (χ2v) is 8.53. The van der Waals surface area contributed by atoms with Gasteiger partial charge in [-0.3, -0.25) is 4.79 Å². The number of carboxylic acids is 1. The van der Waals surface area contributed by atoms with Crippen LogP contribution in [0.15, 0.2) is 72.8 Å². The predicted octanol–water partition coefficient (Wildman–Crippen LogP) is 4.57. The third-order valence-corrected chi connectivity index (χ3v) is 6.37. The van der Waals surface area contributed by atoms with Crippen molar-refractivity contribution in [2.45, 2.75) is 25.8 Å². The average molecular weight is 473 g/mol. The molecular weight excluding hydrogens is 444 g/mol. The van der Waals surface area contributed by atoms with Gasteiger partial charge in [0.05, 0.1) is 11.5 Å². The Kier molecular flexibility index (Phi) is 7.45. The molecule has 0 saturated heterocycles. The fraction of sp³-hybridized carbons (Fsp3) is 0.250. The van der Waals surface area contributed by atoms with Crippen molar-refractivity contribution >= 4 is 18.0 Å². The van der Waals surface area contributed by atoms with E-state index in [1.165, 1.54) is 12.1 Å². The van der Waals surface area contributed by atoms with Crippen LogP contribution >= 0.6 is 0 Å². The molecule has 7 heteroatoms. The van der Waals surface area contributed by atoms with E-state index in [2.05, 4.69) is 34.9 Å². The number of carboxylic acid groups (broad SMARTS) is 1. The molecule has 3 aromatic rings. The van der Waals surface area contributed by atoms with Gasteiger partial charge in [-0.25, -0.2) is 9.59 Å². The molecule has 3 N–H and O–H groups in total. The van der Waals surface area contributed by atoms with Crippen molar-refractivity contribution < 1.29 is 24.2 Å². The van der Waals surface area contributed by atoms with Gasteiger partial charge in [-0.05, 0) is 46.4 Å². The van der Waals surface area contributed by atoms with Gasteiger partial charge in [0.15, 0.2) is 0 Å². The first kappa shape index (κ1) is 24.0. The Balaban J connectivity index is 1.27. The molecule has 0 radical (unpaired) electrons. The van der Waals surface area contributed by atoms with Crippen molar-refractivity contribution in [1.82, 2.24) is 10.6 Å². The van der Waals surface area contributed by atoms with Gasteiger partial charge in [0, 0.05) is 19.0 Å². The number of rotatable bonds is 9. The van der Waals surface area contributed by atoms with E-state index in [9.17, 15) is 14.4 Å². The zero-order valence-corrected chi connectivity index (χ0v) is 19.5. The summed E-state index contributed by atoms with van der Waals surface area (Å²) < 4.78 is 5.54. The lowest BCUT2D eigenvalue weighted by Crippen LogP contribution is -2.38. The number of nitrogens with one attached hydrogen (secondary N) is 2. The molecule has 0 fully saturated rings. The van der Waals surface area contributed by atoms with E-state index in [-0.39, 0.29) is 37.1 Å². The van der Waals surface area contributed by atoms with Gasteiger partial charge < -0.3 is 20.5 Å². The monoisotopic (exact) mass is 472 g/mol. The molecular formula is C28H28N2O5. The van der Waals surface area contributed by atoms with Crippen LogP contribution in [0.25, 0.3) is 11.1 Å². The number of hydrogen-bond acceptors (Lipinski definition) is 4. The lowest BCUT2D eigenvalue weighted by atomic mass is 9.98. The van der Waals surface area contributed by atoms with Crippen molar-refractivity contribution in [2.24, 2.45) is 5.92 Å². The number of carbonyl (C=O) groups excluding carboxylic acids is 2. The van der Waals surface area contributed by atoms with E-state index in [0.29, 0.717) is 6.42 Å². The van der Waals surface area contributed by atoms with E-state index in [4.69, 9.17) is 9.84 Å². The molecule has 0 aliphatic heterocycles. The van der Waals surface area contributed by atoms with E-state index in [0.717, 1.165) is 27.8 Å². The first-order chi connectivity index (χ1) is 17.0. The first-order valence-corrected chi connectivity index (χ1v) is 11.7. The summed E-state index contributed by atoms with van der Waals surface area (Å²) in [5.41, 5.74) is 5.60. The zero-order chi connectivity index (χ0) is 24.8. The fourth-order valence-electron chi connectivity index (χ4n) is 4.38. The van der Waals surface area contributed by atoms with Crippen LogP contribution in [0.1, 0.15) is 46.3 Å². The van der Waals surface area contributed by atoms with Crippen LogP contribution in [0.2, 0.25) is 0 Å². The molecule has 0 aromatic heterocycles. The lowest BCUT2D eigenvalue weighted by molar-refractivity contribution is -0.125. The highest BCUT2D eigenvalue weighted by atomic mass is 16.5. The summed E-state index contributed by atoms with van der Waals surface area (Å²) in [6, 6.07) is 22.6. The lowest BCUT2D eigenvalue weighted by Gasteiger charge is -2.17. The zero-order valence-electron chi connectivity index (χ0n) is 19.5. The standard InChI is InChI=1S/C28H28N2O5/c1-2-19(26(31)29-15-18-11-13-20(14-12-18)27(32)33)16-30-28(34)35-17-25-23-9-5-3-7-21(23)22-8-4-6-10-24(22)25/h3-14,19,25H,2,15-17H2,1H3,(H,29,31)(H,30,34)(H,32,33). The highest BCUT2D eigenvalue weighted by Crippen LogP contribution is 2.44. The van der Waals surface area contributed by atoms with Crippen molar-refractivity contribution in [3.8, 4) is 11.1 Å². The topological polar surface area (TPSA) is 105 Å². The second kappa shape index (κ2) is 10.9. The maximum Gasteiger partial charge on any atom is 0.407 e. The maximum absolute atomic E-state index is 12.6. The Morgan fingerprint density at radius 1 is 0.886 bits per heavy atom. The average Bonchev–Trinajstić information content (AvgIpc) is 3.20. The van der Waals surface area contributed by atoms with Gasteiger partial charge in [-0.15, -0.1) is 0 Å². The van der Waals surface area contributed by atoms with E-state index < -0.39 is 18.0 Å².